The van der Waals surface area contributed by atoms with E-state index in [1.807, 2.05) is 17.5 Å². The van der Waals surface area contributed by atoms with Crippen LogP contribution in [-0.4, -0.2) is 16.8 Å². The summed E-state index contributed by atoms with van der Waals surface area (Å²) in [5.41, 5.74) is 1.46. The van der Waals surface area contributed by atoms with Crippen molar-refractivity contribution in [2.75, 3.05) is 4.90 Å². The van der Waals surface area contributed by atoms with Crippen LogP contribution in [0.2, 0.25) is 15.1 Å². The standard InChI is InChI=1S/C22H14Cl3NO3S/c1-11-13(23)4-2-5-16(11)26-19(17-6-3-9-30-17)18(21(28)22(26)29)20(27)12-7-8-14(24)15(25)10-12/h2-10,19,27H,1H3/b20-18-. The number of thiophene rings is 1. The van der Waals surface area contributed by atoms with Gasteiger partial charge in [0.05, 0.1) is 15.6 Å². The molecule has 4 rings (SSSR count). The molecule has 2 heterocycles. The third-order valence-electron chi connectivity index (χ3n) is 4.95. The normalized spacial score (nSPS) is 18.3. The molecule has 0 aliphatic carbocycles. The van der Waals surface area contributed by atoms with E-state index >= 15 is 0 Å². The summed E-state index contributed by atoms with van der Waals surface area (Å²) >= 11 is 19.7. The van der Waals surface area contributed by atoms with Crippen molar-refractivity contribution in [1.82, 2.24) is 0 Å². The first-order chi connectivity index (χ1) is 14.3. The highest BCUT2D eigenvalue weighted by Gasteiger charge is 2.47. The molecule has 1 aliphatic rings. The first-order valence-corrected chi connectivity index (χ1v) is 10.9. The predicted octanol–water partition coefficient (Wildman–Crippen LogP) is 6.64. The topological polar surface area (TPSA) is 57.6 Å². The lowest BCUT2D eigenvalue weighted by atomic mass is 9.99. The first kappa shape index (κ1) is 20.9. The number of carbonyl (C=O) groups excluding carboxylic acids is 2. The highest BCUT2D eigenvalue weighted by Crippen LogP contribution is 2.45. The summed E-state index contributed by atoms with van der Waals surface area (Å²) in [6.45, 7) is 1.78. The van der Waals surface area contributed by atoms with Crippen molar-refractivity contribution in [1.29, 1.82) is 0 Å². The Morgan fingerprint density at radius 3 is 2.43 bits per heavy atom. The van der Waals surface area contributed by atoms with E-state index in [0.29, 0.717) is 26.9 Å². The molecule has 152 valence electrons. The van der Waals surface area contributed by atoms with Crippen molar-refractivity contribution < 1.29 is 14.7 Å². The van der Waals surface area contributed by atoms with Crippen LogP contribution in [-0.2, 0) is 9.59 Å². The number of nitrogens with zero attached hydrogens (tertiary/aromatic N) is 1. The second-order valence-electron chi connectivity index (χ2n) is 6.70. The van der Waals surface area contributed by atoms with Crippen LogP contribution in [0.1, 0.15) is 22.0 Å². The SMILES string of the molecule is Cc1c(Cl)cccc1N1C(=O)C(=O)/C(=C(\O)c2ccc(Cl)c(Cl)c2)C1c1cccs1. The molecule has 1 aliphatic heterocycles. The van der Waals surface area contributed by atoms with Gasteiger partial charge >= 0.3 is 0 Å². The zero-order valence-corrected chi connectivity index (χ0v) is 18.6. The maximum Gasteiger partial charge on any atom is 0.300 e. The van der Waals surface area contributed by atoms with E-state index in [-0.39, 0.29) is 16.4 Å². The molecule has 4 nitrogen and oxygen atoms in total. The van der Waals surface area contributed by atoms with Gasteiger partial charge < -0.3 is 5.11 Å². The van der Waals surface area contributed by atoms with Crippen molar-refractivity contribution in [3.63, 3.8) is 0 Å². The van der Waals surface area contributed by atoms with Crippen LogP contribution in [0.5, 0.6) is 0 Å². The molecular weight excluding hydrogens is 465 g/mol. The molecule has 0 radical (unpaired) electrons. The van der Waals surface area contributed by atoms with Gasteiger partial charge in [-0.2, -0.15) is 0 Å². The Hall–Kier alpha value is -2.31. The molecule has 0 bridgehead atoms. The highest BCUT2D eigenvalue weighted by molar-refractivity contribution is 7.10. The minimum atomic E-state index is -0.795. The number of amides is 1. The minimum absolute atomic E-state index is 0.0137. The van der Waals surface area contributed by atoms with Gasteiger partial charge in [-0.15, -0.1) is 11.3 Å². The number of aliphatic hydroxyl groups excluding tert-OH is 1. The number of Topliss-reactive ketones (excluding diaryl/α,β-unsaturated/α-hetero) is 1. The van der Waals surface area contributed by atoms with Crippen molar-refractivity contribution >= 4 is 69.3 Å². The Kier molecular flexibility index (Phi) is 5.64. The average molecular weight is 479 g/mol. The number of rotatable bonds is 3. The number of aliphatic hydroxyl groups is 1. The summed E-state index contributed by atoms with van der Waals surface area (Å²) in [4.78, 5) is 28.3. The molecule has 1 saturated heterocycles. The van der Waals surface area contributed by atoms with E-state index in [1.165, 1.54) is 28.4 Å². The molecule has 1 N–H and O–H groups in total. The van der Waals surface area contributed by atoms with Crippen molar-refractivity contribution in [2.45, 2.75) is 13.0 Å². The average Bonchev–Trinajstić information content (AvgIpc) is 3.33. The van der Waals surface area contributed by atoms with Crippen LogP contribution in [0, 0.1) is 6.92 Å². The van der Waals surface area contributed by atoms with Gasteiger partial charge in [0.2, 0.25) is 0 Å². The second-order valence-corrected chi connectivity index (χ2v) is 8.90. The van der Waals surface area contributed by atoms with Crippen LogP contribution >= 0.6 is 46.1 Å². The monoisotopic (exact) mass is 477 g/mol. The number of anilines is 1. The van der Waals surface area contributed by atoms with Crippen LogP contribution in [0.3, 0.4) is 0 Å². The van der Waals surface area contributed by atoms with Gasteiger partial charge in [-0.1, -0.05) is 46.9 Å². The first-order valence-electron chi connectivity index (χ1n) is 8.86. The van der Waals surface area contributed by atoms with E-state index in [1.54, 1.807) is 31.2 Å². The summed E-state index contributed by atoms with van der Waals surface area (Å²) < 4.78 is 0. The molecular formula is C22H14Cl3NO3S. The Bertz CT molecular complexity index is 1200. The summed E-state index contributed by atoms with van der Waals surface area (Å²) in [5.74, 6) is -1.83. The summed E-state index contributed by atoms with van der Waals surface area (Å²) in [5, 5.41) is 13.9. The van der Waals surface area contributed by atoms with Crippen molar-refractivity contribution in [3.8, 4) is 0 Å². The largest absolute Gasteiger partial charge is 0.507 e. The Balaban J connectivity index is 1.96. The van der Waals surface area contributed by atoms with Gasteiger partial charge in [-0.05, 0) is 54.3 Å². The van der Waals surface area contributed by atoms with Gasteiger partial charge in [-0.25, -0.2) is 0 Å². The fourth-order valence-electron chi connectivity index (χ4n) is 3.45. The molecule has 0 spiro atoms. The van der Waals surface area contributed by atoms with Gasteiger partial charge in [0.15, 0.2) is 0 Å². The predicted molar refractivity (Wildman–Crippen MR) is 122 cm³/mol. The van der Waals surface area contributed by atoms with Crippen molar-refractivity contribution in [2.24, 2.45) is 0 Å². The molecule has 1 unspecified atom stereocenters. The number of halogens is 3. The third-order valence-corrected chi connectivity index (χ3v) is 7.02. The summed E-state index contributed by atoms with van der Waals surface area (Å²) in [7, 11) is 0. The van der Waals surface area contributed by atoms with Gasteiger partial charge in [-0.3, -0.25) is 14.5 Å². The molecule has 1 amide bonds. The summed E-state index contributed by atoms with van der Waals surface area (Å²) in [6.07, 6.45) is 0. The van der Waals surface area contributed by atoms with E-state index < -0.39 is 17.7 Å². The van der Waals surface area contributed by atoms with E-state index in [0.717, 1.165) is 4.88 Å². The molecule has 0 saturated carbocycles. The number of ketones is 1. The van der Waals surface area contributed by atoms with Crippen LogP contribution < -0.4 is 4.90 Å². The molecule has 1 fully saturated rings. The number of hydrogen-bond acceptors (Lipinski definition) is 4. The zero-order chi connectivity index (χ0) is 21.6. The number of hydrogen-bond donors (Lipinski definition) is 1. The van der Waals surface area contributed by atoms with Crippen molar-refractivity contribution in [3.05, 3.63) is 90.6 Å². The molecule has 8 heteroatoms. The molecule has 3 aromatic rings. The lowest BCUT2D eigenvalue weighted by molar-refractivity contribution is -0.132. The fourth-order valence-corrected chi connectivity index (χ4v) is 4.74. The lowest BCUT2D eigenvalue weighted by Gasteiger charge is -2.26. The molecule has 1 aromatic heterocycles. The smallest absolute Gasteiger partial charge is 0.300 e. The minimum Gasteiger partial charge on any atom is -0.507 e. The second kappa shape index (κ2) is 8.08. The van der Waals surface area contributed by atoms with E-state index in [4.69, 9.17) is 34.8 Å². The van der Waals surface area contributed by atoms with Gasteiger partial charge in [0.1, 0.15) is 11.8 Å². The maximum absolute atomic E-state index is 13.1. The molecule has 2 aromatic carbocycles. The Labute approximate surface area is 191 Å². The molecule has 1 atom stereocenters. The number of benzene rings is 2. The Morgan fingerprint density at radius 1 is 1.00 bits per heavy atom. The van der Waals surface area contributed by atoms with E-state index in [2.05, 4.69) is 0 Å². The Morgan fingerprint density at radius 2 is 1.77 bits per heavy atom. The van der Waals surface area contributed by atoms with Crippen LogP contribution in [0.4, 0.5) is 5.69 Å². The zero-order valence-electron chi connectivity index (χ0n) is 15.5. The fraction of sp³-hybridized carbons (Fsp3) is 0.0909. The van der Waals surface area contributed by atoms with Gasteiger partial charge in [0, 0.05) is 21.2 Å². The highest BCUT2D eigenvalue weighted by atomic mass is 35.5. The quantitative estimate of drug-likeness (QED) is 0.261. The summed E-state index contributed by atoms with van der Waals surface area (Å²) in [6, 6.07) is 12.5. The molecule has 30 heavy (non-hydrogen) atoms. The maximum atomic E-state index is 13.1. The van der Waals surface area contributed by atoms with Crippen LogP contribution in [0.25, 0.3) is 5.76 Å². The van der Waals surface area contributed by atoms with Crippen LogP contribution in [0.15, 0.2) is 59.5 Å². The van der Waals surface area contributed by atoms with E-state index in [9.17, 15) is 14.7 Å². The lowest BCUT2D eigenvalue weighted by Crippen LogP contribution is -2.29. The number of carbonyl (C=O) groups is 2. The van der Waals surface area contributed by atoms with Gasteiger partial charge in [0.25, 0.3) is 11.7 Å². The third kappa shape index (κ3) is 3.42.